The van der Waals surface area contributed by atoms with Gasteiger partial charge < -0.3 is 4.74 Å². The minimum Gasteiger partial charge on any atom is -0.496 e. The van der Waals surface area contributed by atoms with Gasteiger partial charge in [-0.3, -0.25) is 0 Å². The van der Waals surface area contributed by atoms with E-state index in [1.54, 1.807) is 7.11 Å². The predicted molar refractivity (Wildman–Crippen MR) is 136 cm³/mol. The summed E-state index contributed by atoms with van der Waals surface area (Å²) in [6, 6.07) is 11.5. The van der Waals surface area contributed by atoms with Gasteiger partial charge in [0.25, 0.3) is 0 Å². The maximum Gasteiger partial charge on any atom is 0.161 e. The van der Waals surface area contributed by atoms with Crippen LogP contribution in [-0.2, 0) is 10.8 Å². The van der Waals surface area contributed by atoms with E-state index in [2.05, 4.69) is 98.0 Å². The van der Waals surface area contributed by atoms with E-state index in [4.69, 9.17) is 15.8 Å². The van der Waals surface area contributed by atoms with Crippen LogP contribution in [0.25, 0.3) is 17.2 Å². The van der Waals surface area contributed by atoms with E-state index >= 15 is 0 Å². The summed E-state index contributed by atoms with van der Waals surface area (Å²) >= 11 is 7.00. The van der Waals surface area contributed by atoms with E-state index in [1.165, 1.54) is 39.0 Å². The SMILES string of the molecule is COc1ccc(-c2cc(C(C)(C)C)cc(C(C)(C)C)c2)c2c1C([Si](C)(C)Cl)C(C)=C2. The number of hydrogen-bond acceptors (Lipinski definition) is 1. The zero-order valence-corrected chi connectivity index (χ0v) is 22.1. The molecule has 1 nitrogen and oxygen atoms in total. The van der Waals surface area contributed by atoms with Gasteiger partial charge in [-0.2, -0.15) is 11.1 Å². The van der Waals surface area contributed by atoms with Crippen molar-refractivity contribution in [2.45, 2.75) is 77.9 Å². The van der Waals surface area contributed by atoms with Gasteiger partial charge in [0.15, 0.2) is 7.38 Å². The summed E-state index contributed by atoms with van der Waals surface area (Å²) in [4.78, 5) is 0. The largest absolute Gasteiger partial charge is 0.496 e. The van der Waals surface area contributed by atoms with Gasteiger partial charge in [-0.15, -0.1) is 0 Å². The summed E-state index contributed by atoms with van der Waals surface area (Å²) in [5, 5.41) is 0. The van der Waals surface area contributed by atoms with E-state index < -0.39 is 7.38 Å². The fourth-order valence-electron chi connectivity index (χ4n) is 4.57. The molecule has 30 heavy (non-hydrogen) atoms. The molecule has 1 atom stereocenters. The average Bonchev–Trinajstić information content (AvgIpc) is 2.96. The van der Waals surface area contributed by atoms with E-state index in [9.17, 15) is 0 Å². The van der Waals surface area contributed by atoms with E-state index in [1.807, 2.05) is 0 Å². The third kappa shape index (κ3) is 4.27. The molecule has 1 aliphatic carbocycles. The highest BCUT2D eigenvalue weighted by Gasteiger charge is 2.40. The van der Waals surface area contributed by atoms with Gasteiger partial charge in [0.2, 0.25) is 0 Å². The molecular formula is C27H37ClOSi. The molecular weight excluding hydrogens is 404 g/mol. The Hall–Kier alpha value is -1.51. The van der Waals surface area contributed by atoms with Crippen molar-refractivity contribution < 1.29 is 4.74 Å². The topological polar surface area (TPSA) is 9.23 Å². The lowest BCUT2D eigenvalue weighted by Gasteiger charge is -2.28. The minimum absolute atomic E-state index is 0.0883. The van der Waals surface area contributed by atoms with Crippen LogP contribution in [-0.4, -0.2) is 14.5 Å². The van der Waals surface area contributed by atoms with Crippen LogP contribution in [0.2, 0.25) is 13.1 Å². The fourth-order valence-corrected chi connectivity index (χ4v) is 7.57. The molecule has 0 heterocycles. The average molecular weight is 441 g/mol. The molecule has 1 unspecified atom stereocenters. The highest BCUT2D eigenvalue weighted by molar-refractivity contribution is 7.20. The predicted octanol–water partition coefficient (Wildman–Crippen LogP) is 8.44. The molecule has 3 rings (SSSR count). The van der Waals surface area contributed by atoms with Crippen LogP contribution in [0.15, 0.2) is 35.9 Å². The van der Waals surface area contributed by atoms with Crippen molar-refractivity contribution in [2.24, 2.45) is 0 Å². The third-order valence-electron chi connectivity index (χ3n) is 6.25. The summed E-state index contributed by atoms with van der Waals surface area (Å²) in [6.45, 7) is 20.4. The van der Waals surface area contributed by atoms with E-state index in [-0.39, 0.29) is 16.4 Å². The first-order valence-electron chi connectivity index (χ1n) is 10.9. The first-order valence-corrected chi connectivity index (χ1v) is 15.0. The van der Waals surface area contributed by atoms with Crippen molar-refractivity contribution in [3.05, 3.63) is 58.2 Å². The molecule has 2 aromatic carbocycles. The Bertz CT molecular complexity index is 965. The third-order valence-corrected chi connectivity index (χ3v) is 9.02. The van der Waals surface area contributed by atoms with Gasteiger partial charge >= 0.3 is 0 Å². The first-order chi connectivity index (χ1) is 13.6. The fraction of sp³-hybridized carbons (Fsp3) is 0.481. The van der Waals surface area contributed by atoms with Crippen molar-refractivity contribution in [3.8, 4) is 16.9 Å². The van der Waals surface area contributed by atoms with Crippen LogP contribution in [0.1, 0.15) is 76.3 Å². The molecule has 0 amide bonds. The molecule has 0 spiro atoms. The summed E-state index contributed by atoms with van der Waals surface area (Å²) in [7, 11) is -0.203. The van der Waals surface area contributed by atoms with Gasteiger partial charge in [0.05, 0.1) is 7.11 Å². The van der Waals surface area contributed by atoms with Gasteiger partial charge in [-0.25, -0.2) is 0 Å². The van der Waals surface area contributed by atoms with Crippen molar-refractivity contribution in [1.82, 2.24) is 0 Å². The van der Waals surface area contributed by atoms with Crippen LogP contribution in [0, 0.1) is 0 Å². The number of rotatable bonds is 3. The molecule has 0 aliphatic heterocycles. The smallest absolute Gasteiger partial charge is 0.161 e. The van der Waals surface area contributed by atoms with E-state index in [0.29, 0.717) is 0 Å². The number of benzene rings is 2. The zero-order valence-electron chi connectivity index (χ0n) is 20.3. The summed E-state index contributed by atoms with van der Waals surface area (Å²) in [5.74, 6) is 0.955. The Kier molecular flexibility index (Phi) is 5.84. The van der Waals surface area contributed by atoms with E-state index in [0.717, 1.165) is 5.75 Å². The Balaban J connectivity index is 2.33. The molecule has 0 aromatic heterocycles. The summed E-state index contributed by atoms with van der Waals surface area (Å²) < 4.78 is 5.81. The van der Waals surface area contributed by atoms with Gasteiger partial charge in [0.1, 0.15) is 5.75 Å². The molecule has 0 fully saturated rings. The summed E-state index contributed by atoms with van der Waals surface area (Å²) in [5.41, 5.74) is 9.66. The second-order valence-electron chi connectivity index (χ2n) is 11.3. The number of halogens is 1. The molecule has 0 saturated heterocycles. The lowest BCUT2D eigenvalue weighted by Crippen LogP contribution is -2.28. The van der Waals surface area contributed by atoms with Crippen LogP contribution in [0.5, 0.6) is 5.75 Å². The first kappa shape index (κ1) is 23.2. The zero-order chi connectivity index (χ0) is 22.6. The van der Waals surface area contributed by atoms with Crippen molar-refractivity contribution in [2.75, 3.05) is 7.11 Å². The maximum atomic E-state index is 7.00. The van der Waals surface area contributed by atoms with Gasteiger partial charge in [-0.1, -0.05) is 90.6 Å². The van der Waals surface area contributed by atoms with Gasteiger partial charge in [0, 0.05) is 11.1 Å². The molecule has 1 aliphatic rings. The normalized spacial score (nSPS) is 17.0. The molecule has 0 bridgehead atoms. The Morgan fingerprint density at radius 1 is 0.900 bits per heavy atom. The Morgan fingerprint density at radius 3 is 1.87 bits per heavy atom. The lowest BCUT2D eigenvalue weighted by molar-refractivity contribution is 0.410. The number of methoxy groups -OCH3 is 1. The second kappa shape index (κ2) is 7.57. The van der Waals surface area contributed by atoms with Crippen LogP contribution in [0.3, 0.4) is 0 Å². The number of hydrogen-bond donors (Lipinski definition) is 0. The standard InChI is InChI=1S/C27H37ClOSi/c1-17-13-22-21(11-12-23(29-8)24(22)25(17)30(9,10)28)18-14-19(26(2,3)4)16-20(15-18)27(5,6)7/h11-16,25H,1-10H3. The highest BCUT2D eigenvalue weighted by atomic mass is 35.6. The maximum absolute atomic E-state index is 7.00. The Morgan fingerprint density at radius 2 is 1.43 bits per heavy atom. The lowest BCUT2D eigenvalue weighted by atomic mass is 9.78. The van der Waals surface area contributed by atoms with Crippen LogP contribution >= 0.6 is 11.1 Å². The number of ether oxygens (including phenoxy) is 1. The van der Waals surface area contributed by atoms with Crippen molar-refractivity contribution in [1.29, 1.82) is 0 Å². The van der Waals surface area contributed by atoms with Crippen LogP contribution in [0.4, 0.5) is 0 Å². The molecule has 0 N–H and O–H groups in total. The molecule has 0 radical (unpaired) electrons. The highest BCUT2D eigenvalue weighted by Crippen LogP contribution is 2.50. The van der Waals surface area contributed by atoms with Crippen molar-refractivity contribution in [3.63, 3.8) is 0 Å². The molecule has 162 valence electrons. The monoisotopic (exact) mass is 440 g/mol. The van der Waals surface area contributed by atoms with Crippen LogP contribution < -0.4 is 4.74 Å². The number of allylic oxidation sites excluding steroid dienone is 1. The molecule has 0 saturated carbocycles. The van der Waals surface area contributed by atoms with Gasteiger partial charge in [-0.05, 0) is 51.6 Å². The number of fused-ring (bicyclic) bond motifs is 1. The van der Waals surface area contributed by atoms with Crippen molar-refractivity contribution >= 4 is 24.5 Å². The summed E-state index contributed by atoms with van der Waals surface area (Å²) in [6.07, 6.45) is 2.34. The Labute approximate surface area is 189 Å². The molecule has 2 aromatic rings. The quantitative estimate of drug-likeness (QED) is 0.343. The minimum atomic E-state index is -1.97. The second-order valence-corrected chi connectivity index (χ2v) is 18.0. The molecule has 3 heteroatoms.